The molecule has 1 saturated carbocycles. The molecule has 1 atom stereocenters. The molecule has 1 fully saturated rings. The highest BCUT2D eigenvalue weighted by molar-refractivity contribution is 4.98. The molecule has 5 nitrogen and oxygen atoms in total. The Kier molecular flexibility index (Phi) is 3.88. The van der Waals surface area contributed by atoms with E-state index < -0.39 is 0 Å². The van der Waals surface area contributed by atoms with Crippen molar-refractivity contribution in [3.05, 3.63) is 5.82 Å². The Labute approximate surface area is 96.6 Å². The van der Waals surface area contributed by atoms with Gasteiger partial charge in [-0.25, -0.2) is 4.68 Å². The summed E-state index contributed by atoms with van der Waals surface area (Å²) in [5.74, 6) is 2.23. The lowest BCUT2D eigenvalue weighted by molar-refractivity contribution is 0.288. The van der Waals surface area contributed by atoms with Crippen LogP contribution >= 0.6 is 0 Å². The van der Waals surface area contributed by atoms with Gasteiger partial charge >= 0.3 is 0 Å². The lowest BCUT2D eigenvalue weighted by Gasteiger charge is -2.29. The predicted octanol–water partition coefficient (Wildman–Crippen LogP) is 1.09. The van der Waals surface area contributed by atoms with Crippen LogP contribution in [0.15, 0.2) is 0 Å². The monoisotopic (exact) mass is 223 g/mol. The average molecular weight is 223 g/mol. The molecular weight excluding hydrogens is 202 g/mol. The van der Waals surface area contributed by atoms with E-state index in [0.29, 0.717) is 5.92 Å². The second kappa shape index (κ2) is 5.39. The first kappa shape index (κ1) is 11.5. The minimum atomic E-state index is 0.463. The fourth-order valence-corrected chi connectivity index (χ4v) is 2.78. The molecule has 0 saturated heterocycles. The summed E-state index contributed by atoms with van der Waals surface area (Å²) in [5, 5.41) is 15.1. The zero-order valence-electron chi connectivity index (χ0n) is 10.2. The van der Waals surface area contributed by atoms with Crippen molar-refractivity contribution in [1.29, 1.82) is 0 Å². The van der Waals surface area contributed by atoms with Crippen molar-refractivity contribution in [3.63, 3.8) is 0 Å². The molecule has 0 aromatic carbocycles. The van der Waals surface area contributed by atoms with Gasteiger partial charge in [-0.15, -0.1) is 5.10 Å². The molecule has 0 bridgehead atoms. The molecule has 1 N–H and O–H groups in total. The summed E-state index contributed by atoms with van der Waals surface area (Å²) in [6.07, 6.45) is 6.74. The van der Waals surface area contributed by atoms with Crippen LogP contribution in [0.4, 0.5) is 0 Å². The van der Waals surface area contributed by atoms with Gasteiger partial charge in [-0.1, -0.05) is 19.3 Å². The molecule has 1 unspecified atom stereocenters. The number of nitrogens with zero attached hydrogens (tertiary/aromatic N) is 4. The van der Waals surface area contributed by atoms with E-state index in [9.17, 15) is 0 Å². The fourth-order valence-electron chi connectivity index (χ4n) is 2.78. The van der Waals surface area contributed by atoms with Crippen LogP contribution < -0.4 is 5.32 Å². The molecule has 0 amide bonds. The second-order valence-electron chi connectivity index (χ2n) is 4.72. The Hall–Kier alpha value is -0.970. The van der Waals surface area contributed by atoms with Gasteiger partial charge in [-0.05, 0) is 36.2 Å². The Morgan fingerprint density at radius 1 is 1.38 bits per heavy atom. The summed E-state index contributed by atoms with van der Waals surface area (Å²) in [4.78, 5) is 0. The van der Waals surface area contributed by atoms with Crippen LogP contribution in [0.2, 0.25) is 0 Å². The van der Waals surface area contributed by atoms with Gasteiger partial charge in [-0.2, -0.15) is 0 Å². The third-order valence-corrected chi connectivity index (χ3v) is 3.63. The van der Waals surface area contributed by atoms with Crippen LogP contribution in [-0.4, -0.2) is 33.8 Å². The second-order valence-corrected chi connectivity index (χ2v) is 4.72. The number of rotatable bonds is 4. The summed E-state index contributed by atoms with van der Waals surface area (Å²) < 4.78 is 1.82. The highest BCUT2D eigenvalue weighted by Gasteiger charge is 2.28. The zero-order valence-corrected chi connectivity index (χ0v) is 10.2. The van der Waals surface area contributed by atoms with Crippen LogP contribution in [0.5, 0.6) is 0 Å². The van der Waals surface area contributed by atoms with Crippen molar-refractivity contribution < 1.29 is 0 Å². The minimum absolute atomic E-state index is 0.463. The predicted molar refractivity (Wildman–Crippen MR) is 62.0 cm³/mol. The summed E-state index contributed by atoms with van der Waals surface area (Å²) >= 11 is 0. The number of hydrogen-bond acceptors (Lipinski definition) is 4. The third-order valence-electron chi connectivity index (χ3n) is 3.63. The lowest BCUT2D eigenvalue weighted by Crippen LogP contribution is -2.28. The first-order chi connectivity index (χ1) is 7.83. The molecule has 1 heterocycles. The summed E-state index contributed by atoms with van der Waals surface area (Å²) in [7, 11) is 3.93. The molecule has 0 radical (unpaired) electrons. The van der Waals surface area contributed by atoms with Crippen LogP contribution in [-0.2, 0) is 7.05 Å². The van der Waals surface area contributed by atoms with Crippen LogP contribution in [0.1, 0.15) is 43.8 Å². The van der Waals surface area contributed by atoms with Crippen LogP contribution in [0, 0.1) is 5.92 Å². The summed E-state index contributed by atoms with van der Waals surface area (Å²) in [6, 6.07) is 0. The van der Waals surface area contributed by atoms with Gasteiger partial charge in [0.25, 0.3) is 0 Å². The van der Waals surface area contributed by atoms with Gasteiger partial charge in [0.1, 0.15) is 0 Å². The molecule has 2 rings (SSSR count). The van der Waals surface area contributed by atoms with E-state index in [1.807, 2.05) is 18.8 Å². The van der Waals surface area contributed by atoms with Crippen molar-refractivity contribution in [2.75, 3.05) is 13.6 Å². The number of tetrazole rings is 1. The number of aryl methyl sites for hydroxylation is 1. The Morgan fingerprint density at radius 3 is 2.69 bits per heavy atom. The van der Waals surface area contributed by atoms with E-state index in [1.165, 1.54) is 32.1 Å². The Bertz CT molecular complexity index is 316. The highest BCUT2D eigenvalue weighted by Crippen LogP contribution is 2.34. The maximum absolute atomic E-state index is 4.17. The number of likely N-dealkylation sites (N-methyl/N-ethyl adjacent to an activating group) is 1. The first-order valence-corrected chi connectivity index (χ1v) is 6.19. The fraction of sp³-hybridized carbons (Fsp3) is 0.909. The summed E-state index contributed by atoms with van der Waals surface area (Å²) in [5.41, 5.74) is 0. The molecule has 0 aliphatic heterocycles. The number of nitrogens with one attached hydrogen (secondary N) is 1. The lowest BCUT2D eigenvalue weighted by atomic mass is 9.79. The quantitative estimate of drug-likeness (QED) is 0.830. The normalized spacial score (nSPS) is 19.9. The maximum Gasteiger partial charge on any atom is 0.155 e. The first-order valence-electron chi connectivity index (χ1n) is 6.19. The van der Waals surface area contributed by atoms with Gasteiger partial charge < -0.3 is 5.32 Å². The van der Waals surface area contributed by atoms with Crippen molar-refractivity contribution >= 4 is 0 Å². The Balaban J connectivity index is 2.12. The van der Waals surface area contributed by atoms with E-state index in [-0.39, 0.29) is 0 Å². The van der Waals surface area contributed by atoms with Crippen molar-refractivity contribution in [1.82, 2.24) is 25.5 Å². The molecular formula is C11H21N5. The van der Waals surface area contributed by atoms with E-state index >= 15 is 0 Å². The molecule has 0 spiro atoms. The number of hydrogen-bond donors (Lipinski definition) is 1. The number of aromatic nitrogens is 4. The molecule has 90 valence electrons. The third kappa shape index (κ3) is 2.40. The van der Waals surface area contributed by atoms with Gasteiger partial charge in [0, 0.05) is 19.5 Å². The minimum Gasteiger partial charge on any atom is -0.319 e. The van der Waals surface area contributed by atoms with Crippen LogP contribution in [0.25, 0.3) is 0 Å². The molecule has 16 heavy (non-hydrogen) atoms. The van der Waals surface area contributed by atoms with E-state index in [0.717, 1.165) is 18.3 Å². The average Bonchev–Trinajstić information content (AvgIpc) is 2.73. The van der Waals surface area contributed by atoms with E-state index in [4.69, 9.17) is 0 Å². The van der Waals surface area contributed by atoms with E-state index in [2.05, 4.69) is 20.8 Å². The molecule has 1 aliphatic carbocycles. The molecule has 1 aromatic rings. The highest BCUT2D eigenvalue weighted by atomic mass is 15.5. The zero-order chi connectivity index (χ0) is 11.4. The Morgan fingerprint density at radius 2 is 2.12 bits per heavy atom. The van der Waals surface area contributed by atoms with Crippen molar-refractivity contribution in [2.45, 2.75) is 38.0 Å². The smallest absolute Gasteiger partial charge is 0.155 e. The van der Waals surface area contributed by atoms with Crippen LogP contribution in [0.3, 0.4) is 0 Å². The van der Waals surface area contributed by atoms with Gasteiger partial charge in [0.15, 0.2) is 5.82 Å². The SMILES string of the molecule is CNCC(c1nnnn1C)C1CCCCC1. The van der Waals surface area contributed by atoms with Crippen molar-refractivity contribution in [3.8, 4) is 0 Å². The van der Waals surface area contributed by atoms with Gasteiger partial charge in [0.05, 0.1) is 0 Å². The van der Waals surface area contributed by atoms with Crippen molar-refractivity contribution in [2.24, 2.45) is 13.0 Å². The van der Waals surface area contributed by atoms with E-state index in [1.54, 1.807) is 0 Å². The molecule has 1 aliphatic rings. The molecule has 5 heteroatoms. The van der Waals surface area contributed by atoms with Gasteiger partial charge in [0.2, 0.25) is 0 Å². The largest absolute Gasteiger partial charge is 0.319 e. The topological polar surface area (TPSA) is 55.6 Å². The molecule has 1 aromatic heterocycles. The maximum atomic E-state index is 4.17. The van der Waals surface area contributed by atoms with Gasteiger partial charge in [-0.3, -0.25) is 0 Å². The standard InChI is InChI=1S/C11H21N5/c1-12-8-10(9-6-4-3-5-7-9)11-13-14-15-16(11)2/h9-10,12H,3-8H2,1-2H3. The summed E-state index contributed by atoms with van der Waals surface area (Å²) in [6.45, 7) is 0.971.